The Hall–Kier alpha value is -2.44. The van der Waals surface area contributed by atoms with E-state index < -0.39 is 0 Å². The minimum absolute atomic E-state index is 0. The predicted octanol–water partition coefficient (Wildman–Crippen LogP) is 3.00. The zero-order chi connectivity index (χ0) is 24.6. The van der Waals surface area contributed by atoms with Gasteiger partial charge < -0.3 is 24.8 Å². The number of benzene rings is 4. The standard InChI is InChI=1S/C13H9.C13H10.C8H11.2ClH.Zr/c1-3-7-12-10(5-1)9-11-6-2-4-8-13(11)12;1-3-7-12(8-4-1)11-13-9-5-2-6-10-13;1-6-4-5-7(2)8(6)3;;;/h1-9H;1-10H;4H2,1-3H3;2*1H;/q-1;;-1;;;+2/p-2. The van der Waals surface area contributed by atoms with Gasteiger partial charge in [-0.2, -0.15) is 11.1 Å². The summed E-state index contributed by atoms with van der Waals surface area (Å²) in [5.74, 6) is 0. The first kappa shape index (κ1) is 30.8. The Morgan fingerprint density at radius 3 is 1.38 bits per heavy atom. The van der Waals surface area contributed by atoms with Crippen LogP contribution in [0.5, 0.6) is 0 Å². The zero-order valence-electron chi connectivity index (χ0n) is 21.4. The first-order valence-corrected chi connectivity index (χ1v) is 13.2. The van der Waals surface area contributed by atoms with E-state index in [0.29, 0.717) is 0 Å². The Balaban J connectivity index is 0.000000197. The van der Waals surface area contributed by atoms with Gasteiger partial charge in [-0.15, -0.1) is 53.1 Å². The topological polar surface area (TPSA) is 0 Å². The summed E-state index contributed by atoms with van der Waals surface area (Å²) in [5.41, 5.74) is 6.91. The van der Waals surface area contributed by atoms with Crippen molar-refractivity contribution in [2.45, 2.75) is 27.2 Å². The minimum atomic E-state index is 0. The average molecular weight is 601 g/mol. The van der Waals surface area contributed by atoms with Gasteiger partial charge in [0.2, 0.25) is 0 Å². The predicted molar refractivity (Wildman–Crippen MR) is 149 cm³/mol. The SMILES string of the molecule is CC1=[C-]CC(C)=C1C.[Cl-].[Cl-].[Zr+2]=[C](c1ccccc1)c1ccccc1.c1ccc2c(c1)[cH-]c1ccccc12. The Bertz CT molecular complexity index is 1400. The normalized spacial score (nSPS) is 11.9. The summed E-state index contributed by atoms with van der Waals surface area (Å²) in [7, 11) is 0. The van der Waals surface area contributed by atoms with Crippen LogP contribution in [0.15, 0.2) is 132 Å². The second-order valence-corrected chi connectivity index (χ2v) is 10.0. The van der Waals surface area contributed by atoms with E-state index in [-0.39, 0.29) is 24.8 Å². The molecular formula is C34H30Cl2Zr-2. The third-order valence-corrected chi connectivity index (χ3v) is 7.89. The molecule has 5 aromatic rings. The molecule has 0 fully saturated rings. The second-order valence-electron chi connectivity index (χ2n) is 8.81. The first-order valence-electron chi connectivity index (χ1n) is 12.0. The number of fused-ring (bicyclic) bond motifs is 3. The molecule has 0 nitrogen and oxygen atoms in total. The van der Waals surface area contributed by atoms with Crippen LogP contribution < -0.4 is 24.8 Å². The maximum absolute atomic E-state index is 3.26. The molecule has 0 bridgehead atoms. The summed E-state index contributed by atoms with van der Waals surface area (Å²) in [6, 6.07) is 40.4. The summed E-state index contributed by atoms with van der Waals surface area (Å²) in [5, 5.41) is 5.39. The van der Waals surface area contributed by atoms with Crippen LogP contribution in [-0.4, -0.2) is 3.21 Å². The van der Waals surface area contributed by atoms with Crippen LogP contribution in [0.1, 0.15) is 38.3 Å². The maximum atomic E-state index is 3.26. The molecule has 0 amide bonds. The molecule has 0 spiro atoms. The molecular weight excluding hydrogens is 571 g/mol. The first-order chi connectivity index (χ1) is 17.0. The molecule has 186 valence electrons. The van der Waals surface area contributed by atoms with Crippen LogP contribution in [0.3, 0.4) is 0 Å². The molecule has 0 N–H and O–H groups in total. The van der Waals surface area contributed by atoms with Crippen LogP contribution in [0.4, 0.5) is 0 Å². The van der Waals surface area contributed by atoms with E-state index in [1.165, 1.54) is 76.8 Å². The van der Waals surface area contributed by atoms with Crippen molar-refractivity contribution < 1.29 is 49.0 Å². The van der Waals surface area contributed by atoms with Gasteiger partial charge in [-0.1, -0.05) is 50.2 Å². The van der Waals surface area contributed by atoms with E-state index in [4.69, 9.17) is 0 Å². The molecule has 0 unspecified atom stereocenters. The van der Waals surface area contributed by atoms with E-state index in [2.05, 4.69) is 142 Å². The van der Waals surface area contributed by atoms with E-state index in [0.717, 1.165) is 6.42 Å². The fourth-order valence-corrected chi connectivity index (χ4v) is 4.95. The van der Waals surface area contributed by atoms with Gasteiger partial charge >= 0.3 is 99.2 Å². The van der Waals surface area contributed by atoms with Gasteiger partial charge in [-0.05, 0) is 0 Å². The summed E-state index contributed by atoms with van der Waals surface area (Å²) in [4.78, 5) is 0. The minimum Gasteiger partial charge on any atom is -0.126 e. The van der Waals surface area contributed by atoms with Gasteiger partial charge in [0.05, 0.1) is 0 Å². The van der Waals surface area contributed by atoms with Crippen LogP contribution in [-0.2, 0) is 24.2 Å². The smallest absolute Gasteiger partial charge is 0.0771 e. The van der Waals surface area contributed by atoms with E-state index in [9.17, 15) is 0 Å². The van der Waals surface area contributed by atoms with Crippen molar-refractivity contribution in [2.75, 3.05) is 0 Å². The third-order valence-electron chi connectivity index (χ3n) is 6.47. The molecule has 1 aliphatic carbocycles. The van der Waals surface area contributed by atoms with E-state index in [1.807, 2.05) is 0 Å². The summed E-state index contributed by atoms with van der Waals surface area (Å²) >= 11 is 1.46. The number of rotatable bonds is 2. The Kier molecular flexibility index (Phi) is 12.6. The molecule has 0 aliphatic heterocycles. The molecule has 37 heavy (non-hydrogen) atoms. The number of hydrogen-bond donors (Lipinski definition) is 0. The molecule has 0 radical (unpaired) electrons. The zero-order valence-corrected chi connectivity index (χ0v) is 25.4. The average Bonchev–Trinajstić information content (AvgIpc) is 3.44. The van der Waals surface area contributed by atoms with E-state index in [1.54, 1.807) is 0 Å². The summed E-state index contributed by atoms with van der Waals surface area (Å²) < 4.78 is 1.42. The number of hydrogen-bond acceptors (Lipinski definition) is 0. The van der Waals surface area contributed by atoms with Gasteiger partial charge in [-0.3, -0.25) is 6.08 Å². The number of allylic oxidation sites excluding steroid dienone is 4. The van der Waals surface area contributed by atoms with Gasteiger partial charge in [0, 0.05) is 0 Å². The molecule has 5 aromatic carbocycles. The third kappa shape index (κ3) is 8.02. The molecule has 0 aromatic heterocycles. The van der Waals surface area contributed by atoms with Crippen LogP contribution in [0.25, 0.3) is 21.5 Å². The van der Waals surface area contributed by atoms with Crippen molar-refractivity contribution in [3.05, 3.63) is 149 Å². The van der Waals surface area contributed by atoms with Gasteiger partial charge in [0.1, 0.15) is 0 Å². The maximum Gasteiger partial charge on any atom is -0.0771 e. The van der Waals surface area contributed by atoms with Crippen molar-refractivity contribution >= 4 is 24.8 Å². The Morgan fingerprint density at radius 2 is 1.03 bits per heavy atom. The van der Waals surface area contributed by atoms with Crippen molar-refractivity contribution in [1.29, 1.82) is 0 Å². The second kappa shape index (κ2) is 15.1. The van der Waals surface area contributed by atoms with Crippen LogP contribution >= 0.6 is 0 Å². The number of halogens is 2. The molecule has 0 heterocycles. The monoisotopic (exact) mass is 598 g/mol. The van der Waals surface area contributed by atoms with Crippen molar-refractivity contribution in [3.63, 3.8) is 0 Å². The summed E-state index contributed by atoms with van der Waals surface area (Å²) in [6.45, 7) is 6.44. The largest absolute Gasteiger partial charge is 0.126 e. The van der Waals surface area contributed by atoms with Gasteiger partial charge in [0.25, 0.3) is 0 Å². The molecule has 0 saturated heterocycles. The molecule has 6 rings (SSSR count). The molecule has 1 aliphatic rings. The van der Waals surface area contributed by atoms with Crippen molar-refractivity contribution in [3.8, 4) is 0 Å². The fourth-order valence-electron chi connectivity index (χ4n) is 4.13. The van der Waals surface area contributed by atoms with Crippen LogP contribution in [0.2, 0.25) is 0 Å². The van der Waals surface area contributed by atoms with Gasteiger partial charge in [-0.25, -0.2) is 5.57 Å². The van der Waals surface area contributed by atoms with Crippen molar-refractivity contribution in [2.24, 2.45) is 0 Å². The fraction of sp³-hybridized carbons (Fsp3) is 0.118. The quantitative estimate of drug-likeness (QED) is 0.274. The molecule has 0 atom stereocenters. The van der Waals surface area contributed by atoms with Crippen molar-refractivity contribution in [1.82, 2.24) is 0 Å². The summed E-state index contributed by atoms with van der Waals surface area (Å²) in [6.07, 6.45) is 4.31. The van der Waals surface area contributed by atoms with Crippen LogP contribution in [0, 0.1) is 6.08 Å². The Morgan fingerprint density at radius 1 is 0.622 bits per heavy atom. The van der Waals surface area contributed by atoms with Gasteiger partial charge in [0.15, 0.2) is 0 Å². The molecule has 3 heteroatoms. The molecule has 0 saturated carbocycles. The Labute approximate surface area is 248 Å². The van der Waals surface area contributed by atoms with E-state index >= 15 is 0 Å².